The second-order valence-electron chi connectivity index (χ2n) is 6.18. The Labute approximate surface area is 155 Å². The smallest absolute Gasteiger partial charge is 0.197 e. The van der Waals surface area contributed by atoms with Gasteiger partial charge >= 0.3 is 0 Å². The summed E-state index contributed by atoms with van der Waals surface area (Å²) in [6.45, 7) is 4.95. The normalized spacial score (nSPS) is 14.0. The first-order valence-electron chi connectivity index (χ1n) is 8.36. The lowest BCUT2D eigenvalue weighted by atomic mass is 10.1. The van der Waals surface area contributed by atoms with Gasteiger partial charge in [0.1, 0.15) is 16.0 Å². The largest absolute Gasteiger partial charge is 0.302 e. The van der Waals surface area contributed by atoms with Crippen LogP contribution in [0.15, 0.2) is 40.5 Å². The average molecular weight is 372 g/mol. The van der Waals surface area contributed by atoms with Gasteiger partial charge in [-0.15, -0.1) is 10.2 Å². The lowest BCUT2D eigenvalue weighted by Gasteiger charge is -2.08. The van der Waals surface area contributed by atoms with Gasteiger partial charge in [-0.2, -0.15) is 0 Å². The van der Waals surface area contributed by atoms with Gasteiger partial charge in [0.25, 0.3) is 0 Å². The molecule has 0 bridgehead atoms. The topological polar surface area (TPSA) is 56.5 Å². The minimum Gasteiger partial charge on any atom is -0.302 e. The molecule has 4 rings (SSSR count). The van der Waals surface area contributed by atoms with Crippen molar-refractivity contribution >= 4 is 23.4 Å². The van der Waals surface area contributed by atoms with Crippen molar-refractivity contribution in [2.24, 2.45) is 0 Å². The van der Waals surface area contributed by atoms with Crippen molar-refractivity contribution in [3.8, 4) is 11.4 Å². The van der Waals surface area contributed by atoms with Gasteiger partial charge < -0.3 is 4.57 Å². The SMILES string of the molecule is CCn1c(Sc2cc(Cl)nc(C3CC3)n2)nnc1-c1cccc(C)c1. The van der Waals surface area contributed by atoms with Gasteiger partial charge in [-0.25, -0.2) is 9.97 Å². The molecule has 2 heterocycles. The van der Waals surface area contributed by atoms with E-state index in [9.17, 15) is 0 Å². The van der Waals surface area contributed by atoms with Crippen molar-refractivity contribution in [3.63, 3.8) is 0 Å². The van der Waals surface area contributed by atoms with Gasteiger partial charge in [0, 0.05) is 24.1 Å². The van der Waals surface area contributed by atoms with E-state index in [1.54, 1.807) is 6.07 Å². The fraction of sp³-hybridized carbons (Fsp3) is 0.333. The van der Waals surface area contributed by atoms with E-state index in [1.807, 2.05) is 6.07 Å². The Kier molecular flexibility index (Phi) is 4.48. The van der Waals surface area contributed by atoms with Crippen LogP contribution in [0.25, 0.3) is 11.4 Å². The molecule has 0 radical (unpaired) electrons. The number of rotatable bonds is 5. The van der Waals surface area contributed by atoms with Gasteiger partial charge in [0.15, 0.2) is 11.0 Å². The molecule has 128 valence electrons. The zero-order chi connectivity index (χ0) is 17.4. The van der Waals surface area contributed by atoms with E-state index in [4.69, 9.17) is 11.6 Å². The molecule has 1 aromatic carbocycles. The van der Waals surface area contributed by atoms with Crippen LogP contribution in [0.5, 0.6) is 0 Å². The zero-order valence-electron chi connectivity index (χ0n) is 14.1. The predicted molar refractivity (Wildman–Crippen MR) is 99.0 cm³/mol. The van der Waals surface area contributed by atoms with Crippen LogP contribution in [-0.2, 0) is 6.54 Å². The molecule has 25 heavy (non-hydrogen) atoms. The Morgan fingerprint density at radius 3 is 2.76 bits per heavy atom. The van der Waals surface area contributed by atoms with Crippen molar-refractivity contribution < 1.29 is 0 Å². The summed E-state index contributed by atoms with van der Waals surface area (Å²) in [6, 6.07) is 10.1. The molecule has 1 saturated carbocycles. The van der Waals surface area contributed by atoms with Gasteiger partial charge in [0.2, 0.25) is 0 Å². The summed E-state index contributed by atoms with van der Waals surface area (Å²) >= 11 is 7.66. The summed E-state index contributed by atoms with van der Waals surface area (Å²) in [6.07, 6.45) is 2.29. The number of aryl methyl sites for hydroxylation is 1. The fourth-order valence-corrected chi connectivity index (χ4v) is 3.89. The molecule has 0 saturated heterocycles. The Morgan fingerprint density at radius 2 is 2.04 bits per heavy atom. The first-order chi connectivity index (χ1) is 12.1. The van der Waals surface area contributed by atoms with Crippen LogP contribution in [0, 0.1) is 6.92 Å². The molecule has 0 N–H and O–H groups in total. The van der Waals surface area contributed by atoms with E-state index in [-0.39, 0.29) is 0 Å². The highest BCUT2D eigenvalue weighted by atomic mass is 35.5. The summed E-state index contributed by atoms with van der Waals surface area (Å²) in [5, 5.41) is 10.9. The maximum atomic E-state index is 6.17. The molecule has 1 aliphatic rings. The Balaban J connectivity index is 1.67. The van der Waals surface area contributed by atoms with Crippen LogP contribution >= 0.6 is 23.4 Å². The third-order valence-electron chi connectivity index (χ3n) is 4.14. The molecule has 0 unspecified atom stereocenters. The van der Waals surface area contributed by atoms with Crippen molar-refractivity contribution in [1.29, 1.82) is 0 Å². The molecule has 1 fully saturated rings. The molecule has 0 atom stereocenters. The minimum absolute atomic E-state index is 0.463. The molecule has 2 aromatic heterocycles. The number of nitrogens with zero attached hydrogens (tertiary/aromatic N) is 5. The zero-order valence-corrected chi connectivity index (χ0v) is 15.7. The van der Waals surface area contributed by atoms with Crippen molar-refractivity contribution in [3.05, 3.63) is 46.9 Å². The van der Waals surface area contributed by atoms with Gasteiger partial charge in [-0.1, -0.05) is 35.4 Å². The number of benzene rings is 1. The van der Waals surface area contributed by atoms with Crippen LogP contribution < -0.4 is 0 Å². The second-order valence-corrected chi connectivity index (χ2v) is 7.56. The van der Waals surface area contributed by atoms with Crippen molar-refractivity contribution in [2.75, 3.05) is 0 Å². The minimum atomic E-state index is 0.463. The quantitative estimate of drug-likeness (QED) is 0.606. The molecular weight excluding hydrogens is 354 g/mol. The van der Waals surface area contributed by atoms with Crippen LogP contribution in [0.4, 0.5) is 0 Å². The molecule has 0 aliphatic heterocycles. The number of hydrogen-bond donors (Lipinski definition) is 0. The highest BCUT2D eigenvalue weighted by Crippen LogP contribution is 2.39. The maximum Gasteiger partial charge on any atom is 0.197 e. The highest BCUT2D eigenvalue weighted by Gasteiger charge is 2.27. The van der Waals surface area contributed by atoms with E-state index >= 15 is 0 Å². The lowest BCUT2D eigenvalue weighted by Crippen LogP contribution is -2.01. The highest BCUT2D eigenvalue weighted by molar-refractivity contribution is 7.99. The molecule has 5 nitrogen and oxygen atoms in total. The molecule has 0 spiro atoms. The van der Waals surface area contributed by atoms with Crippen molar-refractivity contribution in [1.82, 2.24) is 24.7 Å². The first-order valence-corrected chi connectivity index (χ1v) is 9.56. The number of halogens is 1. The number of hydrogen-bond acceptors (Lipinski definition) is 5. The van der Waals surface area contributed by atoms with Gasteiger partial charge in [-0.3, -0.25) is 0 Å². The fourth-order valence-electron chi connectivity index (χ4n) is 2.73. The Hall–Kier alpha value is -1.92. The summed E-state index contributed by atoms with van der Waals surface area (Å²) < 4.78 is 2.10. The van der Waals surface area contributed by atoms with Gasteiger partial charge in [0.05, 0.1) is 0 Å². The van der Waals surface area contributed by atoms with Crippen LogP contribution in [0.3, 0.4) is 0 Å². The van der Waals surface area contributed by atoms with Crippen LogP contribution in [0.2, 0.25) is 5.15 Å². The molecule has 3 aromatic rings. The maximum absolute atomic E-state index is 6.17. The Bertz CT molecular complexity index is 920. The second kappa shape index (κ2) is 6.77. The van der Waals surface area contributed by atoms with E-state index in [0.717, 1.165) is 46.8 Å². The van der Waals surface area contributed by atoms with Crippen LogP contribution in [0.1, 0.15) is 37.1 Å². The van der Waals surface area contributed by atoms with Crippen LogP contribution in [-0.4, -0.2) is 24.7 Å². The Morgan fingerprint density at radius 1 is 1.20 bits per heavy atom. The van der Waals surface area contributed by atoms with E-state index in [0.29, 0.717) is 11.1 Å². The monoisotopic (exact) mass is 371 g/mol. The average Bonchev–Trinajstić information content (AvgIpc) is 3.36. The third-order valence-corrected chi connectivity index (χ3v) is 5.23. The van der Waals surface area contributed by atoms with Crippen molar-refractivity contribution in [2.45, 2.75) is 49.3 Å². The summed E-state index contributed by atoms with van der Waals surface area (Å²) in [4.78, 5) is 8.99. The van der Waals surface area contributed by atoms with E-state index in [2.05, 4.69) is 56.8 Å². The standard InChI is InChI=1S/C18H18ClN5S/c1-3-24-17(13-6-4-5-11(2)9-13)22-23-18(24)25-15-10-14(19)20-16(21-15)12-7-8-12/h4-6,9-10,12H,3,7-8H2,1-2H3. The third kappa shape index (κ3) is 3.55. The summed E-state index contributed by atoms with van der Waals surface area (Å²) in [5.74, 6) is 2.18. The lowest BCUT2D eigenvalue weighted by molar-refractivity contribution is 0.686. The molecule has 1 aliphatic carbocycles. The molecular formula is C18H18ClN5S. The van der Waals surface area contributed by atoms with Gasteiger partial charge in [-0.05, 0) is 44.5 Å². The van der Waals surface area contributed by atoms with E-state index < -0.39 is 0 Å². The summed E-state index contributed by atoms with van der Waals surface area (Å²) in [5.41, 5.74) is 2.27. The molecule has 0 amide bonds. The summed E-state index contributed by atoms with van der Waals surface area (Å²) in [7, 11) is 0. The van der Waals surface area contributed by atoms with E-state index in [1.165, 1.54) is 17.3 Å². The predicted octanol–water partition coefficient (Wildman–Crippen LogP) is 4.75. The first kappa shape index (κ1) is 16.5. The molecule has 7 heteroatoms. The number of aromatic nitrogens is 5.